The predicted octanol–water partition coefficient (Wildman–Crippen LogP) is 1.01. The van der Waals surface area contributed by atoms with Crippen LogP contribution in [0.2, 0.25) is 0 Å². The summed E-state index contributed by atoms with van der Waals surface area (Å²) in [5, 5.41) is 17.4. The lowest BCUT2D eigenvalue weighted by Crippen LogP contribution is -2.44. The van der Waals surface area contributed by atoms with Crippen LogP contribution in [0.25, 0.3) is 0 Å². The molecule has 0 aliphatic carbocycles. The highest BCUT2D eigenvalue weighted by Gasteiger charge is 2.31. The van der Waals surface area contributed by atoms with Crippen molar-refractivity contribution in [2.45, 2.75) is 12.8 Å². The van der Waals surface area contributed by atoms with Crippen molar-refractivity contribution in [3.05, 3.63) is 24.2 Å². The third-order valence-electron chi connectivity index (χ3n) is 3.70. The molecule has 2 amide bonds. The molecule has 7 heteroatoms. The SMILES string of the molecule is N#CCN(CC#N)C(=O)C1CCN(C(=O)c2ccco2)CC1. The summed E-state index contributed by atoms with van der Waals surface area (Å²) in [5.41, 5.74) is 0. The number of nitriles is 2. The molecule has 0 spiro atoms. The Bertz CT molecular complexity index is 588. The molecule has 0 bridgehead atoms. The van der Waals surface area contributed by atoms with Gasteiger partial charge < -0.3 is 14.2 Å². The molecule has 1 saturated heterocycles. The summed E-state index contributed by atoms with van der Waals surface area (Å²) < 4.78 is 5.09. The molecule has 1 aromatic heterocycles. The Kier molecular flexibility index (Phi) is 5.16. The van der Waals surface area contributed by atoms with Crippen LogP contribution in [0.5, 0.6) is 0 Å². The number of carbonyl (C=O) groups excluding carboxylic acids is 2. The second kappa shape index (κ2) is 7.28. The molecule has 0 saturated carbocycles. The normalized spacial score (nSPS) is 14.9. The van der Waals surface area contributed by atoms with Crippen LogP contribution in [0.3, 0.4) is 0 Å². The minimum Gasteiger partial charge on any atom is -0.459 e. The quantitative estimate of drug-likeness (QED) is 0.772. The Morgan fingerprint density at radius 1 is 1.27 bits per heavy atom. The van der Waals surface area contributed by atoms with Gasteiger partial charge in [-0.05, 0) is 25.0 Å². The third kappa shape index (κ3) is 3.44. The average Bonchev–Trinajstić information content (AvgIpc) is 3.08. The molecule has 114 valence electrons. The van der Waals surface area contributed by atoms with Gasteiger partial charge in [0, 0.05) is 19.0 Å². The standard InChI is InChI=1S/C15H16N4O3/c16-5-9-19(10-6-17)14(20)12-3-7-18(8-4-12)15(21)13-2-1-11-22-13/h1-2,11-12H,3-4,7-10H2. The van der Waals surface area contributed by atoms with Crippen LogP contribution in [0.15, 0.2) is 22.8 Å². The summed E-state index contributed by atoms with van der Waals surface area (Å²) in [6.45, 7) is 0.752. The number of nitrogens with zero attached hydrogens (tertiary/aromatic N) is 4. The number of hydrogen-bond donors (Lipinski definition) is 0. The summed E-state index contributed by atoms with van der Waals surface area (Å²) in [7, 11) is 0. The molecule has 0 unspecified atom stereocenters. The highest BCUT2D eigenvalue weighted by Crippen LogP contribution is 2.21. The fourth-order valence-corrected chi connectivity index (χ4v) is 2.53. The molecule has 7 nitrogen and oxygen atoms in total. The summed E-state index contributed by atoms with van der Waals surface area (Å²) >= 11 is 0. The molecule has 1 aromatic rings. The maximum Gasteiger partial charge on any atom is 0.289 e. The summed E-state index contributed by atoms with van der Waals surface area (Å²) in [6, 6.07) is 7.06. The lowest BCUT2D eigenvalue weighted by atomic mass is 9.95. The number of furan rings is 1. The molecule has 1 aliphatic rings. The van der Waals surface area contributed by atoms with Gasteiger partial charge in [-0.3, -0.25) is 9.59 Å². The zero-order valence-electron chi connectivity index (χ0n) is 12.1. The number of rotatable bonds is 4. The number of amides is 2. The van der Waals surface area contributed by atoms with Crippen LogP contribution in [0.4, 0.5) is 0 Å². The van der Waals surface area contributed by atoms with E-state index in [1.54, 1.807) is 17.0 Å². The summed E-state index contributed by atoms with van der Waals surface area (Å²) in [4.78, 5) is 27.3. The minimum atomic E-state index is -0.248. The van der Waals surface area contributed by atoms with Gasteiger partial charge in [0.2, 0.25) is 5.91 Å². The number of carbonyl (C=O) groups is 2. The van der Waals surface area contributed by atoms with E-state index < -0.39 is 0 Å². The molecule has 0 atom stereocenters. The molecule has 2 rings (SSSR count). The Balaban J connectivity index is 1.91. The van der Waals surface area contributed by atoms with E-state index in [1.165, 1.54) is 11.2 Å². The lowest BCUT2D eigenvalue weighted by Gasteiger charge is -2.32. The first-order valence-corrected chi connectivity index (χ1v) is 7.03. The molecule has 22 heavy (non-hydrogen) atoms. The topological polar surface area (TPSA) is 101 Å². The lowest BCUT2D eigenvalue weighted by molar-refractivity contribution is -0.135. The van der Waals surface area contributed by atoms with Gasteiger partial charge in [-0.2, -0.15) is 10.5 Å². The van der Waals surface area contributed by atoms with E-state index in [0.717, 1.165) is 0 Å². The van der Waals surface area contributed by atoms with Crippen molar-refractivity contribution < 1.29 is 14.0 Å². The van der Waals surface area contributed by atoms with Crippen LogP contribution in [-0.4, -0.2) is 47.8 Å². The molecule has 1 fully saturated rings. The largest absolute Gasteiger partial charge is 0.459 e. The molecule has 0 N–H and O–H groups in total. The van der Waals surface area contributed by atoms with Crippen molar-refractivity contribution >= 4 is 11.8 Å². The first-order valence-electron chi connectivity index (χ1n) is 7.03. The van der Waals surface area contributed by atoms with Crippen molar-refractivity contribution in [2.75, 3.05) is 26.2 Å². The smallest absolute Gasteiger partial charge is 0.289 e. The zero-order chi connectivity index (χ0) is 15.9. The Hall–Kier alpha value is -2.80. The maximum atomic E-state index is 12.3. The van der Waals surface area contributed by atoms with Crippen molar-refractivity contribution in [1.82, 2.24) is 9.80 Å². The Morgan fingerprint density at radius 3 is 2.41 bits per heavy atom. The highest BCUT2D eigenvalue weighted by molar-refractivity contribution is 5.91. The van der Waals surface area contributed by atoms with Crippen LogP contribution in [0, 0.1) is 28.6 Å². The molecular weight excluding hydrogens is 284 g/mol. The minimum absolute atomic E-state index is 0.0854. The monoisotopic (exact) mass is 300 g/mol. The van der Waals surface area contributed by atoms with Crippen LogP contribution >= 0.6 is 0 Å². The van der Waals surface area contributed by atoms with Crippen molar-refractivity contribution in [3.63, 3.8) is 0 Å². The van der Waals surface area contributed by atoms with E-state index in [1.807, 2.05) is 12.1 Å². The van der Waals surface area contributed by atoms with Crippen LogP contribution < -0.4 is 0 Å². The first-order chi connectivity index (χ1) is 10.7. The van der Waals surface area contributed by atoms with E-state index >= 15 is 0 Å². The van der Waals surface area contributed by atoms with Gasteiger partial charge in [0.1, 0.15) is 13.1 Å². The average molecular weight is 300 g/mol. The van der Waals surface area contributed by atoms with Crippen molar-refractivity contribution in [2.24, 2.45) is 5.92 Å². The molecular formula is C15H16N4O3. The molecule has 0 radical (unpaired) electrons. The van der Waals surface area contributed by atoms with E-state index in [9.17, 15) is 9.59 Å². The van der Waals surface area contributed by atoms with Gasteiger partial charge in [-0.1, -0.05) is 0 Å². The van der Waals surface area contributed by atoms with Crippen molar-refractivity contribution in [1.29, 1.82) is 10.5 Å². The van der Waals surface area contributed by atoms with E-state index in [-0.39, 0.29) is 30.8 Å². The number of likely N-dealkylation sites (tertiary alicyclic amines) is 1. The van der Waals surface area contributed by atoms with Gasteiger partial charge in [-0.25, -0.2) is 0 Å². The summed E-state index contributed by atoms with van der Waals surface area (Å²) in [6.07, 6.45) is 2.50. The Morgan fingerprint density at radius 2 is 1.91 bits per heavy atom. The van der Waals surface area contributed by atoms with Gasteiger partial charge in [-0.15, -0.1) is 0 Å². The molecule has 2 heterocycles. The Labute approximate surface area is 128 Å². The fraction of sp³-hybridized carbons (Fsp3) is 0.467. The van der Waals surface area contributed by atoms with Crippen molar-refractivity contribution in [3.8, 4) is 12.1 Å². The molecule has 1 aliphatic heterocycles. The zero-order valence-corrected chi connectivity index (χ0v) is 12.1. The fourth-order valence-electron chi connectivity index (χ4n) is 2.53. The first kappa shape index (κ1) is 15.6. The second-order valence-corrected chi connectivity index (χ2v) is 5.05. The van der Waals surface area contributed by atoms with Gasteiger partial charge in [0.05, 0.1) is 18.4 Å². The van der Waals surface area contributed by atoms with E-state index in [4.69, 9.17) is 14.9 Å². The van der Waals surface area contributed by atoms with Gasteiger partial charge in [0.15, 0.2) is 5.76 Å². The van der Waals surface area contributed by atoms with Crippen LogP contribution in [0.1, 0.15) is 23.4 Å². The molecule has 0 aromatic carbocycles. The van der Waals surface area contributed by atoms with E-state index in [0.29, 0.717) is 31.7 Å². The van der Waals surface area contributed by atoms with E-state index in [2.05, 4.69) is 0 Å². The van der Waals surface area contributed by atoms with Gasteiger partial charge in [0.25, 0.3) is 5.91 Å². The van der Waals surface area contributed by atoms with Gasteiger partial charge >= 0.3 is 0 Å². The highest BCUT2D eigenvalue weighted by atomic mass is 16.3. The summed E-state index contributed by atoms with van der Waals surface area (Å²) in [5.74, 6) is -0.322. The number of hydrogen-bond acceptors (Lipinski definition) is 5. The second-order valence-electron chi connectivity index (χ2n) is 5.05. The number of piperidine rings is 1. The maximum absolute atomic E-state index is 12.3. The third-order valence-corrected chi connectivity index (χ3v) is 3.70. The van der Waals surface area contributed by atoms with Crippen LogP contribution in [-0.2, 0) is 4.79 Å². The predicted molar refractivity (Wildman–Crippen MR) is 75.1 cm³/mol.